The Morgan fingerprint density at radius 3 is 2.85 bits per heavy atom. The zero-order valence-electron chi connectivity index (χ0n) is 19.3. The number of rotatable bonds is 6. The average Bonchev–Trinajstić information content (AvgIpc) is 3.41. The summed E-state index contributed by atoms with van der Waals surface area (Å²) >= 11 is 0. The minimum Gasteiger partial charge on any atom is -0.493 e. The summed E-state index contributed by atoms with van der Waals surface area (Å²) in [6.07, 6.45) is 1.81. The van der Waals surface area contributed by atoms with Crippen molar-refractivity contribution in [1.29, 1.82) is 0 Å². The molecule has 0 radical (unpaired) electrons. The SMILES string of the molecule is COc1cc(C(=O)N(Cc2ccc3ccccc3n2)C[C@@H]2CCCN2C)cc2c1OC(C)O2. The van der Waals surface area contributed by atoms with E-state index in [1.165, 1.54) is 0 Å². The zero-order chi connectivity index (χ0) is 22.9. The Morgan fingerprint density at radius 1 is 1.21 bits per heavy atom. The van der Waals surface area contributed by atoms with Crippen molar-refractivity contribution in [3.8, 4) is 17.2 Å². The second-order valence-electron chi connectivity index (χ2n) is 8.77. The Morgan fingerprint density at radius 2 is 2.06 bits per heavy atom. The Labute approximate surface area is 193 Å². The van der Waals surface area contributed by atoms with Crippen molar-refractivity contribution >= 4 is 16.8 Å². The van der Waals surface area contributed by atoms with Crippen molar-refractivity contribution in [2.75, 3.05) is 27.2 Å². The fraction of sp³-hybridized carbons (Fsp3) is 0.385. The highest BCUT2D eigenvalue weighted by Crippen LogP contribution is 2.44. The van der Waals surface area contributed by atoms with Crippen LogP contribution in [0.15, 0.2) is 48.5 Å². The maximum absolute atomic E-state index is 13.8. The number of likely N-dealkylation sites (tertiary alicyclic amines) is 1. The number of amides is 1. The van der Waals surface area contributed by atoms with Crippen LogP contribution in [0.2, 0.25) is 0 Å². The largest absolute Gasteiger partial charge is 0.493 e. The van der Waals surface area contributed by atoms with Gasteiger partial charge in [0.05, 0.1) is 24.9 Å². The molecule has 2 aliphatic heterocycles. The van der Waals surface area contributed by atoms with Crippen LogP contribution >= 0.6 is 0 Å². The quantitative estimate of drug-likeness (QED) is 0.567. The number of para-hydroxylation sites is 1. The number of carbonyl (C=O) groups is 1. The summed E-state index contributed by atoms with van der Waals surface area (Å²) < 4.78 is 16.9. The number of hydrogen-bond acceptors (Lipinski definition) is 6. The van der Waals surface area contributed by atoms with E-state index in [0.717, 1.165) is 36.0 Å². The highest BCUT2D eigenvalue weighted by molar-refractivity contribution is 5.95. The average molecular weight is 448 g/mol. The van der Waals surface area contributed by atoms with Crippen LogP contribution in [0.5, 0.6) is 17.2 Å². The summed E-state index contributed by atoms with van der Waals surface area (Å²) in [7, 11) is 3.69. The van der Waals surface area contributed by atoms with Gasteiger partial charge >= 0.3 is 0 Å². The van der Waals surface area contributed by atoms with Crippen LogP contribution in [0.1, 0.15) is 35.8 Å². The Hall–Kier alpha value is -3.32. The first kappa shape index (κ1) is 21.5. The molecule has 0 spiro atoms. The molecule has 33 heavy (non-hydrogen) atoms. The molecule has 0 saturated carbocycles. The van der Waals surface area contributed by atoms with Crippen LogP contribution < -0.4 is 14.2 Å². The molecule has 5 rings (SSSR count). The normalized spacial score (nSPS) is 19.7. The molecule has 0 N–H and O–H groups in total. The molecule has 0 aliphatic carbocycles. The highest BCUT2D eigenvalue weighted by atomic mass is 16.7. The molecule has 1 amide bonds. The molecule has 2 atom stereocenters. The Kier molecular flexibility index (Phi) is 5.81. The number of ether oxygens (including phenoxy) is 3. The molecular formula is C26H29N3O4. The van der Waals surface area contributed by atoms with E-state index in [9.17, 15) is 4.79 Å². The molecule has 0 bridgehead atoms. The molecular weight excluding hydrogens is 418 g/mol. The minimum atomic E-state index is -0.413. The van der Waals surface area contributed by atoms with Crippen molar-refractivity contribution in [3.63, 3.8) is 0 Å². The molecule has 1 fully saturated rings. The van der Waals surface area contributed by atoms with Gasteiger partial charge in [0.2, 0.25) is 12.0 Å². The van der Waals surface area contributed by atoms with Gasteiger partial charge in [0.25, 0.3) is 5.91 Å². The summed E-state index contributed by atoms with van der Waals surface area (Å²) in [5.74, 6) is 1.50. The van der Waals surface area contributed by atoms with Gasteiger partial charge in [0, 0.05) is 30.5 Å². The Balaban J connectivity index is 1.47. The number of methoxy groups -OCH3 is 1. The van der Waals surface area contributed by atoms with Crippen molar-refractivity contribution in [2.45, 2.75) is 38.6 Å². The van der Waals surface area contributed by atoms with E-state index in [0.29, 0.717) is 41.9 Å². The maximum atomic E-state index is 13.8. The molecule has 1 unspecified atom stereocenters. The van der Waals surface area contributed by atoms with E-state index < -0.39 is 6.29 Å². The third kappa shape index (κ3) is 4.33. The number of benzene rings is 2. The van der Waals surface area contributed by atoms with Gasteiger partial charge in [-0.25, -0.2) is 0 Å². The van der Waals surface area contributed by atoms with E-state index in [-0.39, 0.29) is 5.91 Å². The number of pyridine rings is 1. The number of hydrogen-bond donors (Lipinski definition) is 0. The van der Waals surface area contributed by atoms with E-state index in [1.54, 1.807) is 19.2 Å². The van der Waals surface area contributed by atoms with Gasteiger partial charge < -0.3 is 24.0 Å². The smallest absolute Gasteiger partial charge is 0.254 e. The number of carbonyl (C=O) groups excluding carboxylic acids is 1. The molecule has 2 aliphatic rings. The van der Waals surface area contributed by atoms with Crippen molar-refractivity contribution < 1.29 is 19.0 Å². The second-order valence-corrected chi connectivity index (χ2v) is 8.77. The van der Waals surface area contributed by atoms with Crippen LogP contribution in [0, 0.1) is 0 Å². The van der Waals surface area contributed by atoms with Crippen molar-refractivity contribution in [3.05, 3.63) is 59.8 Å². The highest BCUT2D eigenvalue weighted by Gasteiger charge is 2.30. The second kappa shape index (κ2) is 8.90. The summed E-state index contributed by atoms with van der Waals surface area (Å²) in [4.78, 5) is 22.8. The molecule has 1 aromatic heterocycles. The van der Waals surface area contributed by atoms with Crippen LogP contribution in [0.3, 0.4) is 0 Å². The number of nitrogens with zero attached hydrogens (tertiary/aromatic N) is 3. The molecule has 3 aromatic rings. The van der Waals surface area contributed by atoms with Gasteiger partial charge in [-0.05, 0) is 50.7 Å². The molecule has 2 aromatic carbocycles. The van der Waals surface area contributed by atoms with E-state index in [1.807, 2.05) is 42.2 Å². The lowest BCUT2D eigenvalue weighted by atomic mass is 10.1. The fourth-order valence-corrected chi connectivity index (χ4v) is 4.68. The van der Waals surface area contributed by atoms with Crippen molar-refractivity contribution in [1.82, 2.24) is 14.8 Å². The third-order valence-electron chi connectivity index (χ3n) is 6.46. The lowest BCUT2D eigenvalue weighted by molar-refractivity contribution is 0.0658. The van der Waals surface area contributed by atoms with E-state index in [2.05, 4.69) is 18.0 Å². The zero-order valence-corrected chi connectivity index (χ0v) is 19.3. The maximum Gasteiger partial charge on any atom is 0.254 e. The predicted molar refractivity (Wildman–Crippen MR) is 126 cm³/mol. The monoisotopic (exact) mass is 447 g/mol. The molecule has 172 valence electrons. The van der Waals surface area contributed by atoms with E-state index >= 15 is 0 Å². The first-order valence-corrected chi connectivity index (χ1v) is 11.4. The van der Waals surface area contributed by atoms with Gasteiger partial charge in [0.15, 0.2) is 11.5 Å². The summed E-state index contributed by atoms with van der Waals surface area (Å²) in [6, 6.07) is 15.9. The lowest BCUT2D eigenvalue weighted by Gasteiger charge is -2.29. The first-order valence-electron chi connectivity index (χ1n) is 11.4. The van der Waals surface area contributed by atoms with E-state index in [4.69, 9.17) is 19.2 Å². The van der Waals surface area contributed by atoms with Crippen LogP contribution in [-0.4, -0.2) is 60.3 Å². The first-order chi connectivity index (χ1) is 16.0. The molecule has 7 heteroatoms. The third-order valence-corrected chi connectivity index (χ3v) is 6.46. The lowest BCUT2D eigenvalue weighted by Crippen LogP contribution is -2.41. The van der Waals surface area contributed by atoms with Gasteiger partial charge in [-0.1, -0.05) is 24.3 Å². The van der Waals surface area contributed by atoms with Gasteiger partial charge in [-0.3, -0.25) is 9.78 Å². The standard InChI is InChI=1S/C26H29N3O4/c1-17-32-24-14-19(13-23(31-3)25(24)33-17)26(30)29(16-21-8-6-12-28(21)2)15-20-11-10-18-7-4-5-9-22(18)27-20/h4-5,7,9-11,13-14,17,21H,6,8,12,15-16H2,1-3H3/t17?,21-/m0/s1. The van der Waals surface area contributed by atoms with Gasteiger partial charge in [-0.2, -0.15) is 0 Å². The molecule has 7 nitrogen and oxygen atoms in total. The molecule has 3 heterocycles. The molecule has 1 saturated heterocycles. The van der Waals surface area contributed by atoms with Crippen LogP contribution in [-0.2, 0) is 6.54 Å². The van der Waals surface area contributed by atoms with Crippen LogP contribution in [0.25, 0.3) is 10.9 Å². The van der Waals surface area contributed by atoms with Crippen LogP contribution in [0.4, 0.5) is 0 Å². The number of likely N-dealkylation sites (N-methyl/N-ethyl adjacent to an activating group) is 1. The van der Waals surface area contributed by atoms with Gasteiger partial charge in [-0.15, -0.1) is 0 Å². The fourth-order valence-electron chi connectivity index (χ4n) is 4.68. The summed E-state index contributed by atoms with van der Waals surface area (Å²) in [5, 5.41) is 1.09. The van der Waals surface area contributed by atoms with Gasteiger partial charge in [0.1, 0.15) is 0 Å². The predicted octanol–water partition coefficient (Wildman–Crippen LogP) is 4.10. The summed E-state index contributed by atoms with van der Waals surface area (Å²) in [6.45, 7) is 3.93. The number of fused-ring (bicyclic) bond motifs is 2. The van der Waals surface area contributed by atoms with Crippen molar-refractivity contribution in [2.24, 2.45) is 0 Å². The summed E-state index contributed by atoms with van der Waals surface area (Å²) in [5.41, 5.74) is 2.31. The number of aromatic nitrogens is 1. The Bertz CT molecular complexity index is 1180. The minimum absolute atomic E-state index is 0.0745. The topological polar surface area (TPSA) is 64.1 Å².